The molecule has 3 rings (SSSR count). The number of hydrogen-bond donors (Lipinski definition) is 2. The molecule has 1 amide bonds. The number of H-pyrrole nitrogens is 1. The van der Waals surface area contributed by atoms with Crippen molar-refractivity contribution in [3.8, 4) is 0 Å². The SMILES string of the molecule is Cc1nc(CCNC(=O)c2nc(C(F)(F)F)n3ccncc23)n[nH]1. The Labute approximate surface area is 133 Å². The van der Waals surface area contributed by atoms with Crippen molar-refractivity contribution in [2.75, 3.05) is 6.54 Å². The molecule has 3 aromatic heterocycles. The van der Waals surface area contributed by atoms with E-state index in [0.29, 0.717) is 18.1 Å². The van der Waals surface area contributed by atoms with Crippen LogP contribution < -0.4 is 5.32 Å². The first-order valence-corrected chi connectivity index (χ1v) is 6.91. The molecule has 0 aliphatic rings. The molecule has 0 bridgehead atoms. The van der Waals surface area contributed by atoms with E-state index in [1.54, 1.807) is 6.92 Å². The average molecular weight is 339 g/mol. The van der Waals surface area contributed by atoms with Crippen LogP contribution in [0.1, 0.15) is 28.0 Å². The summed E-state index contributed by atoms with van der Waals surface area (Å²) < 4.78 is 39.8. The molecule has 0 aliphatic heterocycles. The molecule has 0 saturated heterocycles. The fourth-order valence-electron chi connectivity index (χ4n) is 2.18. The maximum absolute atomic E-state index is 13.0. The summed E-state index contributed by atoms with van der Waals surface area (Å²) in [6.45, 7) is 1.90. The second-order valence-electron chi connectivity index (χ2n) is 4.96. The third kappa shape index (κ3) is 3.05. The highest BCUT2D eigenvalue weighted by Crippen LogP contribution is 2.29. The normalized spacial score (nSPS) is 11.8. The van der Waals surface area contributed by atoms with Gasteiger partial charge in [0.1, 0.15) is 5.82 Å². The second-order valence-corrected chi connectivity index (χ2v) is 4.96. The van der Waals surface area contributed by atoms with Gasteiger partial charge in [-0.05, 0) is 6.92 Å². The van der Waals surface area contributed by atoms with Gasteiger partial charge in [-0.15, -0.1) is 0 Å². The molecule has 0 saturated carbocycles. The first-order chi connectivity index (χ1) is 11.4. The van der Waals surface area contributed by atoms with Crippen molar-refractivity contribution in [1.82, 2.24) is 34.9 Å². The number of nitrogens with zero attached hydrogens (tertiary/aromatic N) is 5. The van der Waals surface area contributed by atoms with Crippen molar-refractivity contribution in [3.05, 3.63) is 41.8 Å². The second kappa shape index (κ2) is 5.91. The molecular weight excluding hydrogens is 327 g/mol. The number of hydrogen-bond acceptors (Lipinski definition) is 5. The highest BCUT2D eigenvalue weighted by atomic mass is 19.4. The molecule has 0 radical (unpaired) electrons. The minimum Gasteiger partial charge on any atom is -0.350 e. The van der Waals surface area contributed by atoms with E-state index < -0.39 is 17.9 Å². The molecule has 8 nitrogen and oxygen atoms in total. The van der Waals surface area contributed by atoms with Crippen LogP contribution in [0.4, 0.5) is 13.2 Å². The van der Waals surface area contributed by atoms with Crippen LogP contribution in [0.25, 0.3) is 5.52 Å². The van der Waals surface area contributed by atoms with Gasteiger partial charge in [-0.25, -0.2) is 9.97 Å². The third-order valence-corrected chi connectivity index (χ3v) is 3.19. The highest BCUT2D eigenvalue weighted by molar-refractivity contribution is 5.99. The van der Waals surface area contributed by atoms with Crippen molar-refractivity contribution in [2.45, 2.75) is 19.5 Å². The van der Waals surface area contributed by atoms with Gasteiger partial charge in [0.15, 0.2) is 11.5 Å². The zero-order chi connectivity index (χ0) is 17.3. The first kappa shape index (κ1) is 15.9. The number of amides is 1. The Morgan fingerprint density at radius 1 is 1.38 bits per heavy atom. The molecule has 11 heteroatoms. The number of carbonyl (C=O) groups is 1. The minimum atomic E-state index is -4.68. The number of nitrogens with one attached hydrogen (secondary N) is 2. The van der Waals surface area contributed by atoms with Crippen molar-refractivity contribution < 1.29 is 18.0 Å². The molecule has 0 aliphatic carbocycles. The van der Waals surface area contributed by atoms with Gasteiger partial charge in [-0.3, -0.25) is 19.3 Å². The molecule has 0 fully saturated rings. The Hall–Kier alpha value is -2.98. The van der Waals surface area contributed by atoms with Gasteiger partial charge in [-0.2, -0.15) is 18.3 Å². The Bertz CT molecular complexity index is 883. The number of fused-ring (bicyclic) bond motifs is 1. The molecule has 0 spiro atoms. The third-order valence-electron chi connectivity index (χ3n) is 3.19. The van der Waals surface area contributed by atoms with Crippen LogP contribution in [-0.2, 0) is 12.6 Å². The van der Waals surface area contributed by atoms with Crippen LogP contribution in [0, 0.1) is 6.92 Å². The van der Waals surface area contributed by atoms with Gasteiger partial charge in [0.2, 0.25) is 5.82 Å². The number of aryl methyl sites for hydroxylation is 1. The van der Waals surface area contributed by atoms with Crippen LogP contribution in [-0.4, -0.2) is 42.0 Å². The van der Waals surface area contributed by atoms with Gasteiger partial charge in [0.05, 0.1) is 11.7 Å². The summed E-state index contributed by atoms with van der Waals surface area (Å²) in [6.07, 6.45) is -0.878. The predicted molar refractivity (Wildman–Crippen MR) is 75.1 cm³/mol. The van der Waals surface area contributed by atoms with Crippen LogP contribution in [0.5, 0.6) is 0 Å². The van der Waals surface area contributed by atoms with Gasteiger partial charge >= 0.3 is 6.18 Å². The lowest BCUT2D eigenvalue weighted by Gasteiger charge is -2.03. The molecule has 126 valence electrons. The highest BCUT2D eigenvalue weighted by Gasteiger charge is 2.38. The fourth-order valence-corrected chi connectivity index (χ4v) is 2.18. The number of rotatable bonds is 4. The maximum Gasteiger partial charge on any atom is 0.450 e. The van der Waals surface area contributed by atoms with Gasteiger partial charge in [0, 0.05) is 25.4 Å². The summed E-state index contributed by atoms with van der Waals surface area (Å²) in [7, 11) is 0. The Kier molecular flexibility index (Phi) is 3.91. The maximum atomic E-state index is 13.0. The summed E-state index contributed by atoms with van der Waals surface area (Å²) in [5, 5.41) is 9.08. The summed E-state index contributed by atoms with van der Waals surface area (Å²) in [5.74, 6) is -0.754. The number of halogens is 3. The molecule has 3 aromatic rings. The Balaban J connectivity index is 1.79. The van der Waals surface area contributed by atoms with E-state index in [1.807, 2.05) is 0 Å². The van der Waals surface area contributed by atoms with Gasteiger partial charge < -0.3 is 5.32 Å². The largest absolute Gasteiger partial charge is 0.450 e. The van der Waals surface area contributed by atoms with Crippen LogP contribution in [0.15, 0.2) is 18.6 Å². The molecular formula is C13H12F3N7O. The topological polar surface area (TPSA) is 101 Å². The molecule has 0 unspecified atom stereocenters. The average Bonchev–Trinajstić information content (AvgIpc) is 3.10. The van der Waals surface area contributed by atoms with E-state index in [-0.39, 0.29) is 17.8 Å². The monoisotopic (exact) mass is 339 g/mol. The van der Waals surface area contributed by atoms with E-state index in [9.17, 15) is 18.0 Å². The van der Waals surface area contributed by atoms with Crippen LogP contribution in [0.3, 0.4) is 0 Å². The number of aromatic nitrogens is 6. The smallest absolute Gasteiger partial charge is 0.350 e. The van der Waals surface area contributed by atoms with E-state index >= 15 is 0 Å². The minimum absolute atomic E-state index is 0.0175. The predicted octanol–water partition coefficient (Wildman–Crippen LogP) is 1.15. The molecule has 2 N–H and O–H groups in total. The standard InChI is InChI=1S/C13H12F3N7O/c1-7-19-9(22-21-7)2-3-18-11(24)10-8-6-17-4-5-23(8)12(20-10)13(14,15)16/h4-6H,2-3H2,1H3,(H,18,24)(H,19,21,22). The zero-order valence-corrected chi connectivity index (χ0v) is 12.4. The molecule has 24 heavy (non-hydrogen) atoms. The van der Waals surface area contributed by atoms with E-state index in [4.69, 9.17) is 0 Å². The van der Waals surface area contributed by atoms with Gasteiger partial charge in [0.25, 0.3) is 5.91 Å². The molecule has 3 heterocycles. The number of carbonyl (C=O) groups excluding carboxylic acids is 1. The zero-order valence-electron chi connectivity index (χ0n) is 12.4. The first-order valence-electron chi connectivity index (χ1n) is 6.91. The fraction of sp³-hybridized carbons (Fsp3) is 0.308. The lowest BCUT2D eigenvalue weighted by atomic mass is 10.3. The van der Waals surface area contributed by atoms with Crippen molar-refractivity contribution in [2.24, 2.45) is 0 Å². The van der Waals surface area contributed by atoms with Crippen molar-refractivity contribution in [3.63, 3.8) is 0 Å². The summed E-state index contributed by atoms with van der Waals surface area (Å²) in [4.78, 5) is 23.4. The van der Waals surface area contributed by atoms with E-state index in [1.165, 1.54) is 6.20 Å². The lowest BCUT2D eigenvalue weighted by molar-refractivity contribution is -0.145. The summed E-state index contributed by atoms with van der Waals surface area (Å²) >= 11 is 0. The number of imidazole rings is 1. The summed E-state index contributed by atoms with van der Waals surface area (Å²) in [5.41, 5.74) is -0.349. The lowest BCUT2D eigenvalue weighted by Crippen LogP contribution is -2.26. The summed E-state index contributed by atoms with van der Waals surface area (Å²) in [6, 6.07) is 0. The molecule has 0 atom stereocenters. The van der Waals surface area contributed by atoms with E-state index in [2.05, 4.69) is 30.5 Å². The van der Waals surface area contributed by atoms with E-state index in [0.717, 1.165) is 16.8 Å². The van der Waals surface area contributed by atoms with Gasteiger partial charge in [-0.1, -0.05) is 0 Å². The number of alkyl halides is 3. The van der Waals surface area contributed by atoms with Crippen LogP contribution >= 0.6 is 0 Å². The van der Waals surface area contributed by atoms with Crippen molar-refractivity contribution >= 4 is 11.4 Å². The van der Waals surface area contributed by atoms with Crippen LogP contribution in [0.2, 0.25) is 0 Å². The quantitative estimate of drug-likeness (QED) is 0.742. The number of aromatic amines is 1. The van der Waals surface area contributed by atoms with Crippen molar-refractivity contribution in [1.29, 1.82) is 0 Å². The Morgan fingerprint density at radius 3 is 2.83 bits per heavy atom. The Morgan fingerprint density at radius 2 is 2.17 bits per heavy atom. The molecule has 0 aromatic carbocycles.